The van der Waals surface area contributed by atoms with Gasteiger partial charge in [0, 0.05) is 29.8 Å². The monoisotopic (exact) mass is 256 g/mol. The van der Waals surface area contributed by atoms with Gasteiger partial charge in [0.2, 0.25) is 5.91 Å². The van der Waals surface area contributed by atoms with Crippen molar-refractivity contribution >= 4 is 17.7 Å². The maximum Gasteiger partial charge on any atom is 0.232 e. The van der Waals surface area contributed by atoms with E-state index in [9.17, 15) is 4.79 Å². The van der Waals surface area contributed by atoms with Gasteiger partial charge in [-0.3, -0.25) is 4.79 Å². The smallest absolute Gasteiger partial charge is 0.232 e. The molecule has 1 unspecified atom stereocenters. The number of hydrogen-bond donors (Lipinski definition) is 1. The Kier molecular flexibility index (Phi) is 3.74. The lowest BCUT2D eigenvalue weighted by Gasteiger charge is -2.24. The molecular weight excluding hydrogens is 232 g/mol. The third kappa shape index (κ3) is 3.38. The van der Waals surface area contributed by atoms with Crippen molar-refractivity contribution in [1.82, 2.24) is 10.2 Å². The predicted molar refractivity (Wildman–Crippen MR) is 73.3 cm³/mol. The Hall–Kier alpha value is -0.220. The second kappa shape index (κ2) is 4.81. The molecule has 1 atom stereocenters. The van der Waals surface area contributed by atoms with Gasteiger partial charge in [-0.2, -0.15) is 0 Å². The van der Waals surface area contributed by atoms with E-state index < -0.39 is 0 Å². The molecule has 1 spiro atoms. The minimum atomic E-state index is 0.183. The molecular formula is C13H24N2OS. The van der Waals surface area contributed by atoms with Gasteiger partial charge in [0.1, 0.15) is 0 Å². The van der Waals surface area contributed by atoms with E-state index in [-0.39, 0.29) is 4.75 Å². The number of carbonyl (C=O) groups excluding carboxylic acids is 1. The highest BCUT2D eigenvalue weighted by Crippen LogP contribution is 2.36. The summed E-state index contributed by atoms with van der Waals surface area (Å²) in [5.41, 5.74) is 0.405. The van der Waals surface area contributed by atoms with Gasteiger partial charge in [-0.05, 0) is 19.4 Å². The molecule has 2 fully saturated rings. The first-order chi connectivity index (χ1) is 7.90. The van der Waals surface area contributed by atoms with Gasteiger partial charge in [-0.25, -0.2) is 0 Å². The molecule has 2 saturated heterocycles. The fourth-order valence-corrected chi connectivity index (χ4v) is 3.40. The molecule has 0 bridgehead atoms. The van der Waals surface area contributed by atoms with Crippen molar-refractivity contribution in [2.45, 2.75) is 38.4 Å². The van der Waals surface area contributed by atoms with Gasteiger partial charge in [0.25, 0.3) is 0 Å². The molecule has 17 heavy (non-hydrogen) atoms. The Labute approximate surface area is 109 Å². The highest BCUT2D eigenvalue weighted by Gasteiger charge is 2.41. The molecule has 2 heterocycles. The lowest BCUT2D eigenvalue weighted by atomic mass is 9.87. The number of rotatable bonds is 2. The van der Waals surface area contributed by atoms with Crippen LogP contribution in [0.1, 0.15) is 33.6 Å². The average molecular weight is 256 g/mol. The van der Waals surface area contributed by atoms with Gasteiger partial charge in [-0.1, -0.05) is 20.8 Å². The van der Waals surface area contributed by atoms with Crippen LogP contribution in [0.4, 0.5) is 0 Å². The van der Waals surface area contributed by atoms with Crippen molar-refractivity contribution in [2.24, 2.45) is 5.41 Å². The second-order valence-corrected chi connectivity index (χ2v) is 8.20. The van der Waals surface area contributed by atoms with Crippen LogP contribution in [-0.4, -0.2) is 47.5 Å². The fourth-order valence-electron chi connectivity index (χ4n) is 2.66. The van der Waals surface area contributed by atoms with Crippen molar-refractivity contribution in [1.29, 1.82) is 0 Å². The molecule has 0 aromatic heterocycles. The minimum absolute atomic E-state index is 0.183. The zero-order valence-corrected chi connectivity index (χ0v) is 12.0. The molecule has 2 aliphatic rings. The predicted octanol–water partition coefficient (Wildman–Crippen LogP) is 1.73. The van der Waals surface area contributed by atoms with Gasteiger partial charge in [0.15, 0.2) is 0 Å². The van der Waals surface area contributed by atoms with Crippen LogP contribution in [0.3, 0.4) is 0 Å². The molecule has 98 valence electrons. The summed E-state index contributed by atoms with van der Waals surface area (Å²) < 4.78 is 0.183. The van der Waals surface area contributed by atoms with Gasteiger partial charge < -0.3 is 10.2 Å². The van der Waals surface area contributed by atoms with E-state index >= 15 is 0 Å². The lowest BCUT2D eigenvalue weighted by Crippen LogP contribution is -2.34. The van der Waals surface area contributed by atoms with Crippen LogP contribution in [0.2, 0.25) is 0 Å². The number of nitrogens with zero attached hydrogens (tertiary/aromatic N) is 1. The number of nitrogens with one attached hydrogen (secondary N) is 1. The first-order valence-corrected chi connectivity index (χ1v) is 7.51. The number of carbonyl (C=O) groups is 1. The topological polar surface area (TPSA) is 32.3 Å². The zero-order chi connectivity index (χ0) is 12.5. The van der Waals surface area contributed by atoms with Crippen molar-refractivity contribution in [3.8, 4) is 0 Å². The van der Waals surface area contributed by atoms with Crippen LogP contribution in [-0.2, 0) is 4.79 Å². The highest BCUT2D eigenvalue weighted by molar-refractivity contribution is 8.01. The summed E-state index contributed by atoms with van der Waals surface area (Å²) in [6.07, 6.45) is 2.43. The molecule has 4 heteroatoms. The number of hydrogen-bond acceptors (Lipinski definition) is 3. The molecule has 3 nitrogen and oxygen atoms in total. The molecule has 1 amide bonds. The quantitative estimate of drug-likeness (QED) is 0.816. The van der Waals surface area contributed by atoms with Crippen LogP contribution < -0.4 is 5.32 Å². The summed E-state index contributed by atoms with van der Waals surface area (Å²) in [6, 6.07) is 0. The molecule has 1 N–H and O–H groups in total. The van der Waals surface area contributed by atoms with Crippen LogP contribution >= 0.6 is 11.8 Å². The van der Waals surface area contributed by atoms with Crippen molar-refractivity contribution in [3.05, 3.63) is 0 Å². The molecule has 2 aliphatic heterocycles. The van der Waals surface area contributed by atoms with Crippen LogP contribution in [0.25, 0.3) is 0 Å². The SMILES string of the molecule is CC(C)(C)SCC(=O)N1CCC2(CCNC2)C1. The Morgan fingerprint density at radius 3 is 2.76 bits per heavy atom. The molecule has 2 rings (SSSR count). The van der Waals surface area contributed by atoms with Gasteiger partial charge in [0.05, 0.1) is 5.75 Å². The summed E-state index contributed by atoms with van der Waals surface area (Å²) in [5, 5.41) is 3.43. The Balaban J connectivity index is 1.82. The fraction of sp³-hybridized carbons (Fsp3) is 0.923. The first kappa shape index (κ1) is 13.2. The number of likely N-dealkylation sites (tertiary alicyclic amines) is 1. The first-order valence-electron chi connectivity index (χ1n) is 6.53. The molecule has 0 saturated carbocycles. The third-order valence-corrected chi connectivity index (χ3v) is 5.01. The van der Waals surface area contributed by atoms with Crippen molar-refractivity contribution < 1.29 is 4.79 Å². The standard InChI is InChI=1S/C13H24N2OS/c1-12(2,3)17-8-11(16)15-7-5-13(10-15)4-6-14-9-13/h14H,4-10H2,1-3H3. The number of amides is 1. The normalized spacial score (nSPS) is 29.2. The second-order valence-electron chi connectivity index (χ2n) is 6.39. The molecule has 0 aromatic rings. The largest absolute Gasteiger partial charge is 0.341 e. The van der Waals surface area contributed by atoms with Gasteiger partial charge >= 0.3 is 0 Å². The summed E-state index contributed by atoms with van der Waals surface area (Å²) in [5.74, 6) is 0.959. The Morgan fingerprint density at radius 1 is 1.41 bits per heavy atom. The van der Waals surface area contributed by atoms with E-state index in [0.29, 0.717) is 17.1 Å². The summed E-state index contributed by atoms with van der Waals surface area (Å²) >= 11 is 1.75. The van der Waals surface area contributed by atoms with E-state index in [1.807, 2.05) is 0 Å². The highest BCUT2D eigenvalue weighted by atomic mass is 32.2. The zero-order valence-electron chi connectivity index (χ0n) is 11.2. The van der Waals surface area contributed by atoms with Crippen LogP contribution in [0.5, 0.6) is 0 Å². The minimum Gasteiger partial charge on any atom is -0.341 e. The molecule has 0 aromatic carbocycles. The Bertz CT molecular complexity index is 292. The average Bonchev–Trinajstić information content (AvgIpc) is 2.85. The molecule has 0 radical (unpaired) electrons. The van der Waals surface area contributed by atoms with E-state index in [1.165, 1.54) is 12.8 Å². The van der Waals surface area contributed by atoms with E-state index in [4.69, 9.17) is 0 Å². The lowest BCUT2D eigenvalue weighted by molar-refractivity contribution is -0.127. The van der Waals surface area contributed by atoms with Crippen molar-refractivity contribution in [3.63, 3.8) is 0 Å². The summed E-state index contributed by atoms with van der Waals surface area (Å²) in [6.45, 7) is 10.7. The van der Waals surface area contributed by atoms with E-state index in [0.717, 1.165) is 26.2 Å². The van der Waals surface area contributed by atoms with Gasteiger partial charge in [-0.15, -0.1) is 11.8 Å². The van der Waals surface area contributed by atoms with E-state index in [1.54, 1.807) is 11.8 Å². The number of thioether (sulfide) groups is 1. The summed E-state index contributed by atoms with van der Waals surface area (Å²) in [4.78, 5) is 14.2. The van der Waals surface area contributed by atoms with Crippen molar-refractivity contribution in [2.75, 3.05) is 31.9 Å². The Morgan fingerprint density at radius 2 is 2.18 bits per heavy atom. The maximum atomic E-state index is 12.1. The third-order valence-electron chi connectivity index (χ3n) is 3.75. The maximum absolute atomic E-state index is 12.1. The van der Waals surface area contributed by atoms with E-state index in [2.05, 4.69) is 31.0 Å². The molecule has 0 aliphatic carbocycles. The van der Waals surface area contributed by atoms with Crippen LogP contribution in [0.15, 0.2) is 0 Å². The van der Waals surface area contributed by atoms with Crippen LogP contribution in [0, 0.1) is 5.41 Å². The summed E-state index contributed by atoms with van der Waals surface area (Å²) in [7, 11) is 0.